The van der Waals surface area contributed by atoms with Crippen LogP contribution in [0.25, 0.3) is 77.6 Å². The highest BCUT2D eigenvalue weighted by Crippen LogP contribution is 2.35. The van der Waals surface area contributed by atoms with E-state index < -0.39 is 0 Å². The van der Waals surface area contributed by atoms with Gasteiger partial charge in [0.2, 0.25) is 0 Å². The Bertz CT molecular complexity index is 2230. The predicted molar refractivity (Wildman–Crippen MR) is 160 cm³/mol. The van der Waals surface area contributed by atoms with Crippen LogP contribution in [0, 0.1) is 0 Å². The lowest BCUT2D eigenvalue weighted by Gasteiger charge is -2.11. The molecular formula is C34H20N6. The standard InChI is InChI=1S/C34H20N6/c1-2-13-30-29(12-1)39-33-24-10-7-17-36-31(24)32-25(34(33)40-30)19-23(20-37-32)21-8-5-9-22(18-21)26-14-6-15-28(38-26)27-11-3-4-16-35-27/h1-20H. The molecule has 0 spiro atoms. The van der Waals surface area contributed by atoms with Gasteiger partial charge in [0.1, 0.15) is 0 Å². The summed E-state index contributed by atoms with van der Waals surface area (Å²) < 4.78 is 0. The first-order valence-electron chi connectivity index (χ1n) is 13.0. The molecule has 0 saturated heterocycles. The van der Waals surface area contributed by atoms with Crippen LogP contribution >= 0.6 is 0 Å². The average molecular weight is 513 g/mol. The summed E-state index contributed by atoms with van der Waals surface area (Å²) in [4.78, 5) is 29.0. The van der Waals surface area contributed by atoms with Crippen molar-refractivity contribution in [2.75, 3.05) is 0 Å². The maximum absolute atomic E-state index is 5.05. The molecule has 0 N–H and O–H groups in total. The lowest BCUT2D eigenvalue weighted by Crippen LogP contribution is -1.94. The lowest BCUT2D eigenvalue weighted by atomic mass is 9.99. The fourth-order valence-electron chi connectivity index (χ4n) is 5.26. The number of fused-ring (bicyclic) bond motifs is 7. The van der Waals surface area contributed by atoms with E-state index in [9.17, 15) is 0 Å². The van der Waals surface area contributed by atoms with Crippen molar-refractivity contribution in [3.63, 3.8) is 0 Å². The smallest absolute Gasteiger partial charge is 0.0996 e. The summed E-state index contributed by atoms with van der Waals surface area (Å²) in [7, 11) is 0. The van der Waals surface area contributed by atoms with Gasteiger partial charge in [-0.3, -0.25) is 15.0 Å². The largest absolute Gasteiger partial charge is 0.255 e. The topological polar surface area (TPSA) is 77.3 Å². The number of rotatable bonds is 3. The van der Waals surface area contributed by atoms with Crippen molar-refractivity contribution in [2.45, 2.75) is 0 Å². The lowest BCUT2D eigenvalue weighted by molar-refractivity contribution is 1.25. The summed E-state index contributed by atoms with van der Waals surface area (Å²) in [6.45, 7) is 0. The van der Waals surface area contributed by atoms with Crippen molar-refractivity contribution in [3.8, 4) is 33.8 Å². The van der Waals surface area contributed by atoms with Gasteiger partial charge >= 0.3 is 0 Å². The molecule has 8 aromatic rings. The third-order valence-corrected chi connectivity index (χ3v) is 7.17. The molecule has 0 aliphatic heterocycles. The van der Waals surface area contributed by atoms with Gasteiger partial charge in [-0.15, -0.1) is 0 Å². The quantitative estimate of drug-likeness (QED) is 0.179. The normalized spacial score (nSPS) is 11.5. The Morgan fingerprint density at radius 1 is 0.375 bits per heavy atom. The molecule has 0 amide bonds. The SMILES string of the molecule is c1ccc(-c2cccc(-c3cccc(-c4cnc5c(c4)c4nc6ccccc6nc4c4cccnc45)c3)n2)nc1. The Morgan fingerprint density at radius 3 is 1.93 bits per heavy atom. The third kappa shape index (κ3) is 3.66. The van der Waals surface area contributed by atoms with Crippen molar-refractivity contribution in [3.05, 3.63) is 122 Å². The number of hydrogen-bond acceptors (Lipinski definition) is 6. The van der Waals surface area contributed by atoms with Crippen LogP contribution in [0.3, 0.4) is 0 Å². The highest BCUT2D eigenvalue weighted by Gasteiger charge is 2.15. The molecule has 0 bridgehead atoms. The van der Waals surface area contributed by atoms with E-state index in [0.29, 0.717) is 0 Å². The van der Waals surface area contributed by atoms with Crippen molar-refractivity contribution in [1.29, 1.82) is 0 Å². The van der Waals surface area contributed by atoms with E-state index in [2.05, 4.69) is 40.3 Å². The van der Waals surface area contributed by atoms with Crippen LogP contribution < -0.4 is 0 Å². The fraction of sp³-hybridized carbons (Fsp3) is 0. The van der Waals surface area contributed by atoms with Crippen molar-refractivity contribution >= 4 is 43.9 Å². The second-order valence-electron chi connectivity index (χ2n) is 9.63. The zero-order valence-electron chi connectivity index (χ0n) is 21.2. The minimum absolute atomic E-state index is 0.817. The van der Waals surface area contributed by atoms with Gasteiger partial charge in [0.05, 0.1) is 50.2 Å². The number of pyridine rings is 4. The van der Waals surface area contributed by atoms with Gasteiger partial charge in [0.15, 0.2) is 0 Å². The van der Waals surface area contributed by atoms with E-state index >= 15 is 0 Å². The van der Waals surface area contributed by atoms with Gasteiger partial charge in [0, 0.05) is 40.5 Å². The zero-order valence-corrected chi connectivity index (χ0v) is 21.2. The van der Waals surface area contributed by atoms with Crippen molar-refractivity contribution in [2.24, 2.45) is 0 Å². The van der Waals surface area contributed by atoms with E-state index in [4.69, 9.17) is 19.9 Å². The predicted octanol–water partition coefficient (Wildman–Crippen LogP) is 7.67. The van der Waals surface area contributed by atoms with Crippen LogP contribution in [0.2, 0.25) is 0 Å². The number of hydrogen-bond donors (Lipinski definition) is 0. The fourth-order valence-corrected chi connectivity index (χ4v) is 5.26. The molecule has 8 rings (SSSR count). The summed E-state index contributed by atoms with van der Waals surface area (Å²) in [6, 6.07) is 34.3. The Balaban J connectivity index is 1.31. The minimum Gasteiger partial charge on any atom is -0.255 e. The van der Waals surface area contributed by atoms with Crippen molar-refractivity contribution < 1.29 is 0 Å². The average Bonchev–Trinajstić information content (AvgIpc) is 3.04. The summed E-state index contributed by atoms with van der Waals surface area (Å²) in [5.74, 6) is 0. The van der Waals surface area contributed by atoms with Crippen molar-refractivity contribution in [1.82, 2.24) is 29.9 Å². The zero-order chi connectivity index (χ0) is 26.5. The van der Waals surface area contributed by atoms with Gasteiger partial charge in [0.25, 0.3) is 0 Å². The van der Waals surface area contributed by atoms with Crippen LogP contribution in [0.4, 0.5) is 0 Å². The molecule has 0 radical (unpaired) electrons. The molecule has 3 aromatic carbocycles. The summed E-state index contributed by atoms with van der Waals surface area (Å²) >= 11 is 0. The maximum atomic E-state index is 5.05. The van der Waals surface area contributed by atoms with Gasteiger partial charge < -0.3 is 0 Å². The van der Waals surface area contributed by atoms with E-state index in [1.807, 2.05) is 79.0 Å². The first kappa shape index (κ1) is 22.4. The van der Waals surface area contributed by atoms with Gasteiger partial charge in [-0.05, 0) is 66.2 Å². The summed E-state index contributed by atoms with van der Waals surface area (Å²) in [6.07, 6.45) is 5.49. The van der Waals surface area contributed by atoms with Crippen LogP contribution in [0.5, 0.6) is 0 Å². The third-order valence-electron chi connectivity index (χ3n) is 7.17. The second kappa shape index (κ2) is 8.99. The molecule has 0 aliphatic rings. The van der Waals surface area contributed by atoms with Gasteiger partial charge in [-0.1, -0.05) is 42.5 Å². The highest BCUT2D eigenvalue weighted by atomic mass is 14.8. The van der Waals surface area contributed by atoms with Crippen LogP contribution in [0.1, 0.15) is 0 Å². The van der Waals surface area contributed by atoms with Gasteiger partial charge in [-0.25, -0.2) is 15.0 Å². The Hall–Kier alpha value is -5.62. The molecule has 0 unspecified atom stereocenters. The highest BCUT2D eigenvalue weighted by molar-refractivity contribution is 6.21. The molecule has 0 atom stereocenters. The van der Waals surface area contributed by atoms with Crippen LogP contribution in [-0.2, 0) is 0 Å². The molecule has 0 fully saturated rings. The molecular weight excluding hydrogens is 492 g/mol. The summed E-state index contributed by atoms with van der Waals surface area (Å²) in [5, 5.41) is 1.88. The minimum atomic E-state index is 0.817. The number of benzene rings is 3. The Kier molecular flexibility index (Phi) is 5.03. The molecule has 5 aromatic heterocycles. The van der Waals surface area contributed by atoms with Gasteiger partial charge in [-0.2, -0.15) is 0 Å². The maximum Gasteiger partial charge on any atom is 0.0996 e. The second-order valence-corrected chi connectivity index (χ2v) is 9.63. The first-order chi connectivity index (χ1) is 19.8. The van der Waals surface area contributed by atoms with Crippen LogP contribution in [0.15, 0.2) is 122 Å². The number of aromatic nitrogens is 6. The number of para-hydroxylation sites is 2. The molecule has 5 heterocycles. The first-order valence-corrected chi connectivity index (χ1v) is 13.0. The molecule has 0 saturated carbocycles. The summed E-state index contributed by atoms with van der Waals surface area (Å²) in [5.41, 5.74) is 10.6. The molecule has 40 heavy (non-hydrogen) atoms. The van der Waals surface area contributed by atoms with E-state index in [1.165, 1.54) is 0 Å². The van der Waals surface area contributed by atoms with E-state index in [1.54, 1.807) is 12.4 Å². The molecule has 186 valence electrons. The monoisotopic (exact) mass is 512 g/mol. The molecule has 6 heteroatoms. The molecule has 0 aliphatic carbocycles. The van der Waals surface area contributed by atoms with E-state index in [-0.39, 0.29) is 0 Å². The number of nitrogens with zero attached hydrogens (tertiary/aromatic N) is 6. The van der Waals surface area contributed by atoms with Crippen LogP contribution in [-0.4, -0.2) is 29.9 Å². The Labute approximate surface area is 229 Å². The Morgan fingerprint density at radius 2 is 1.07 bits per heavy atom. The molecule has 6 nitrogen and oxygen atoms in total. The van der Waals surface area contributed by atoms with E-state index in [0.717, 1.165) is 77.6 Å².